The van der Waals surface area contributed by atoms with E-state index >= 15 is 0 Å². The summed E-state index contributed by atoms with van der Waals surface area (Å²) in [5, 5.41) is 3.00. The highest BCUT2D eigenvalue weighted by atomic mass is 19.1. The van der Waals surface area contributed by atoms with Crippen molar-refractivity contribution < 1.29 is 9.13 Å². The number of methoxy groups -OCH3 is 1. The van der Waals surface area contributed by atoms with E-state index in [1.165, 1.54) is 6.20 Å². The Kier molecular flexibility index (Phi) is 4.19. The van der Waals surface area contributed by atoms with E-state index in [1.54, 1.807) is 7.11 Å². The first-order chi connectivity index (χ1) is 9.08. The van der Waals surface area contributed by atoms with Gasteiger partial charge in [-0.25, -0.2) is 9.37 Å². The van der Waals surface area contributed by atoms with Crippen LogP contribution in [0.4, 0.5) is 16.2 Å². The minimum absolute atomic E-state index is 0.242. The Morgan fingerprint density at radius 3 is 3.05 bits per heavy atom. The molecule has 5 nitrogen and oxygen atoms in total. The van der Waals surface area contributed by atoms with Crippen LogP contribution in [0.5, 0.6) is 0 Å². The second kappa shape index (κ2) is 5.69. The van der Waals surface area contributed by atoms with Gasteiger partial charge in [0.2, 0.25) is 5.95 Å². The van der Waals surface area contributed by atoms with Crippen molar-refractivity contribution in [3.63, 3.8) is 0 Å². The van der Waals surface area contributed by atoms with Crippen molar-refractivity contribution in [1.29, 1.82) is 0 Å². The molecule has 1 fully saturated rings. The Morgan fingerprint density at radius 1 is 1.58 bits per heavy atom. The van der Waals surface area contributed by atoms with Gasteiger partial charge in [-0.2, -0.15) is 4.98 Å². The molecule has 1 atom stereocenters. The summed E-state index contributed by atoms with van der Waals surface area (Å²) in [5.74, 6) is 0.430. The van der Waals surface area contributed by atoms with E-state index in [0.717, 1.165) is 19.4 Å². The van der Waals surface area contributed by atoms with Crippen LogP contribution in [0, 0.1) is 5.82 Å². The lowest BCUT2D eigenvalue weighted by molar-refractivity contribution is -0.00494. The van der Waals surface area contributed by atoms with E-state index in [-0.39, 0.29) is 11.4 Å². The summed E-state index contributed by atoms with van der Waals surface area (Å²) in [6.07, 6.45) is 3.16. The van der Waals surface area contributed by atoms with E-state index in [2.05, 4.69) is 15.3 Å². The van der Waals surface area contributed by atoms with Gasteiger partial charge in [0.25, 0.3) is 0 Å². The van der Waals surface area contributed by atoms with E-state index in [1.807, 2.05) is 18.7 Å². The minimum Gasteiger partial charge on any atom is -0.377 e. The Bertz CT molecular complexity index is 443. The average Bonchev–Trinajstić information content (AvgIpc) is 2.41. The number of nitrogens with zero attached hydrogens (tertiary/aromatic N) is 3. The Hall–Kier alpha value is -1.43. The highest BCUT2D eigenvalue weighted by molar-refractivity contribution is 5.44. The first-order valence-electron chi connectivity index (χ1n) is 6.64. The van der Waals surface area contributed by atoms with Crippen molar-refractivity contribution in [2.75, 3.05) is 37.0 Å². The SMILES string of the molecule is CCNc1ncc(F)c(N2CCCC(C)(OC)C2)n1. The first kappa shape index (κ1) is 14.0. The maximum absolute atomic E-state index is 13.9. The molecule has 1 aliphatic rings. The molecule has 0 aromatic carbocycles. The summed E-state index contributed by atoms with van der Waals surface area (Å²) < 4.78 is 19.4. The quantitative estimate of drug-likeness (QED) is 0.905. The van der Waals surface area contributed by atoms with Crippen molar-refractivity contribution in [2.45, 2.75) is 32.3 Å². The van der Waals surface area contributed by atoms with Crippen LogP contribution in [0.25, 0.3) is 0 Å². The third-order valence-electron chi connectivity index (χ3n) is 3.51. The molecular weight excluding hydrogens is 247 g/mol. The van der Waals surface area contributed by atoms with Gasteiger partial charge in [0.15, 0.2) is 11.6 Å². The third-order valence-corrected chi connectivity index (χ3v) is 3.51. The molecular formula is C13H21FN4O. The number of piperidine rings is 1. The van der Waals surface area contributed by atoms with Crippen LogP contribution in [-0.4, -0.2) is 42.3 Å². The number of anilines is 2. The zero-order valence-corrected chi connectivity index (χ0v) is 11.7. The van der Waals surface area contributed by atoms with E-state index < -0.39 is 0 Å². The molecule has 1 saturated heterocycles. The van der Waals surface area contributed by atoms with Gasteiger partial charge in [0, 0.05) is 26.7 Å². The van der Waals surface area contributed by atoms with E-state index in [0.29, 0.717) is 24.9 Å². The molecule has 1 unspecified atom stereocenters. The summed E-state index contributed by atoms with van der Waals surface area (Å²) >= 11 is 0. The molecule has 2 rings (SSSR count). The van der Waals surface area contributed by atoms with Gasteiger partial charge in [-0.1, -0.05) is 0 Å². The first-order valence-corrected chi connectivity index (χ1v) is 6.64. The summed E-state index contributed by atoms with van der Waals surface area (Å²) in [4.78, 5) is 10.1. The fourth-order valence-electron chi connectivity index (χ4n) is 2.38. The van der Waals surface area contributed by atoms with Gasteiger partial charge in [0.05, 0.1) is 11.8 Å². The van der Waals surface area contributed by atoms with Gasteiger partial charge in [0.1, 0.15) is 0 Å². The number of nitrogens with one attached hydrogen (secondary N) is 1. The zero-order chi connectivity index (χ0) is 13.9. The molecule has 6 heteroatoms. The maximum Gasteiger partial charge on any atom is 0.224 e. The fourth-order valence-corrected chi connectivity index (χ4v) is 2.38. The van der Waals surface area contributed by atoms with Gasteiger partial charge < -0.3 is 15.0 Å². The van der Waals surface area contributed by atoms with Crippen molar-refractivity contribution in [1.82, 2.24) is 9.97 Å². The predicted molar refractivity (Wildman–Crippen MR) is 73.0 cm³/mol. The van der Waals surface area contributed by atoms with Crippen LogP contribution in [0.1, 0.15) is 26.7 Å². The standard InChI is InChI=1S/C13H21FN4O/c1-4-15-12-16-8-10(14)11(17-12)18-7-5-6-13(2,9-18)19-3/h8H,4-7,9H2,1-3H3,(H,15,16,17). The number of ether oxygens (including phenoxy) is 1. The molecule has 19 heavy (non-hydrogen) atoms. The second-order valence-corrected chi connectivity index (χ2v) is 5.07. The number of hydrogen-bond acceptors (Lipinski definition) is 5. The smallest absolute Gasteiger partial charge is 0.224 e. The van der Waals surface area contributed by atoms with Crippen LogP contribution in [-0.2, 0) is 4.74 Å². The zero-order valence-electron chi connectivity index (χ0n) is 11.7. The molecule has 1 aromatic heterocycles. The molecule has 0 saturated carbocycles. The molecule has 1 aliphatic heterocycles. The summed E-state index contributed by atoms with van der Waals surface area (Å²) in [6, 6.07) is 0. The van der Waals surface area contributed by atoms with Crippen LogP contribution >= 0.6 is 0 Å². The van der Waals surface area contributed by atoms with Crippen LogP contribution in [0.2, 0.25) is 0 Å². The van der Waals surface area contributed by atoms with Gasteiger partial charge >= 0.3 is 0 Å². The van der Waals surface area contributed by atoms with Gasteiger partial charge in [-0.3, -0.25) is 0 Å². The van der Waals surface area contributed by atoms with Gasteiger partial charge in [-0.15, -0.1) is 0 Å². The monoisotopic (exact) mass is 268 g/mol. The fraction of sp³-hybridized carbons (Fsp3) is 0.692. The van der Waals surface area contributed by atoms with Crippen LogP contribution in [0.15, 0.2) is 6.20 Å². The lowest BCUT2D eigenvalue weighted by Gasteiger charge is -2.40. The molecule has 1 aromatic rings. The number of aromatic nitrogens is 2. The summed E-state index contributed by atoms with van der Waals surface area (Å²) in [5.41, 5.74) is -0.242. The third kappa shape index (κ3) is 3.12. The number of halogens is 1. The molecule has 0 aliphatic carbocycles. The summed E-state index contributed by atoms with van der Waals surface area (Å²) in [6.45, 7) is 6.14. The van der Waals surface area contributed by atoms with E-state index in [4.69, 9.17) is 4.74 Å². The largest absolute Gasteiger partial charge is 0.377 e. The molecule has 0 bridgehead atoms. The highest BCUT2D eigenvalue weighted by Crippen LogP contribution is 2.28. The van der Waals surface area contributed by atoms with Crippen LogP contribution in [0.3, 0.4) is 0 Å². The molecule has 0 radical (unpaired) electrons. The number of hydrogen-bond donors (Lipinski definition) is 1. The molecule has 0 spiro atoms. The highest BCUT2D eigenvalue weighted by Gasteiger charge is 2.32. The Labute approximate surface area is 113 Å². The minimum atomic E-state index is -0.387. The summed E-state index contributed by atoms with van der Waals surface area (Å²) in [7, 11) is 1.70. The van der Waals surface area contributed by atoms with E-state index in [9.17, 15) is 4.39 Å². The predicted octanol–water partition coefficient (Wildman–Crippen LogP) is 2.05. The molecule has 0 amide bonds. The van der Waals surface area contributed by atoms with Crippen molar-refractivity contribution in [3.8, 4) is 0 Å². The Balaban J connectivity index is 2.22. The second-order valence-electron chi connectivity index (χ2n) is 5.07. The normalized spacial score (nSPS) is 23.5. The molecule has 1 N–H and O–H groups in total. The lowest BCUT2D eigenvalue weighted by Crippen LogP contribution is -2.48. The maximum atomic E-state index is 13.9. The van der Waals surface area contributed by atoms with Crippen molar-refractivity contribution >= 4 is 11.8 Å². The van der Waals surface area contributed by atoms with Crippen molar-refractivity contribution in [3.05, 3.63) is 12.0 Å². The van der Waals surface area contributed by atoms with Gasteiger partial charge in [-0.05, 0) is 26.7 Å². The van der Waals surface area contributed by atoms with Crippen LogP contribution < -0.4 is 10.2 Å². The molecule has 106 valence electrons. The topological polar surface area (TPSA) is 50.3 Å². The number of rotatable bonds is 4. The molecule has 2 heterocycles. The average molecular weight is 268 g/mol. The lowest BCUT2D eigenvalue weighted by atomic mass is 9.95. The van der Waals surface area contributed by atoms with Crippen molar-refractivity contribution in [2.24, 2.45) is 0 Å². The Morgan fingerprint density at radius 2 is 2.37 bits per heavy atom.